The minimum absolute atomic E-state index is 0.00286. The number of para-hydroxylation sites is 2. The smallest absolute Gasteiger partial charge is 0.260 e. The zero-order valence-electron chi connectivity index (χ0n) is 42.8. The highest BCUT2D eigenvalue weighted by Crippen LogP contribution is 2.43. The van der Waals surface area contributed by atoms with Crippen LogP contribution in [-0.4, -0.2) is 132 Å². The Hall–Kier alpha value is -6.81. The lowest BCUT2D eigenvalue weighted by Gasteiger charge is -2.30. The first kappa shape index (κ1) is 51.5. The minimum atomic E-state index is -0.0671. The second kappa shape index (κ2) is 24.1. The Kier molecular flexibility index (Phi) is 17.2. The van der Waals surface area contributed by atoms with Crippen LogP contribution in [0, 0.1) is 0 Å². The maximum absolute atomic E-state index is 14.3. The lowest BCUT2D eigenvalue weighted by Crippen LogP contribution is -2.41. The number of likely N-dealkylation sites (N-methyl/N-ethyl adjacent to an activating group) is 3. The van der Waals surface area contributed by atoms with Crippen molar-refractivity contribution < 1.29 is 47.5 Å². The van der Waals surface area contributed by atoms with E-state index in [2.05, 4.69) is 75.2 Å². The quantitative estimate of drug-likeness (QED) is 0.0391. The second-order valence-corrected chi connectivity index (χ2v) is 18.8. The van der Waals surface area contributed by atoms with Crippen LogP contribution in [0.15, 0.2) is 91.0 Å². The first-order valence-electron chi connectivity index (χ1n) is 24.8. The Bertz CT molecular complexity index is 2700. The molecular weight excluding hydrogens is 915 g/mol. The number of carbonyl (C=O) groups is 3. The summed E-state index contributed by atoms with van der Waals surface area (Å²) >= 11 is 0. The molecule has 0 aromatic heterocycles. The molecule has 5 aromatic carbocycles. The molecule has 0 spiro atoms. The third-order valence-electron chi connectivity index (χ3n) is 13.9. The van der Waals surface area contributed by atoms with Crippen LogP contribution in [0.3, 0.4) is 0 Å². The third kappa shape index (κ3) is 11.9. The molecule has 0 fully saturated rings. The van der Waals surface area contributed by atoms with Crippen molar-refractivity contribution in [2.45, 2.75) is 57.9 Å². The number of amides is 1. The van der Waals surface area contributed by atoms with E-state index in [1.807, 2.05) is 49.3 Å². The summed E-state index contributed by atoms with van der Waals surface area (Å²) in [5.74, 6) is 1.95. The van der Waals surface area contributed by atoms with Gasteiger partial charge >= 0.3 is 0 Å². The van der Waals surface area contributed by atoms with Crippen LogP contribution in [-0.2, 0) is 45.1 Å². The maximum Gasteiger partial charge on any atom is 0.260 e. The van der Waals surface area contributed by atoms with E-state index in [-0.39, 0.29) is 37.0 Å². The van der Waals surface area contributed by atoms with E-state index < -0.39 is 0 Å². The molecule has 0 aliphatic carbocycles. The van der Waals surface area contributed by atoms with Crippen LogP contribution in [0.5, 0.6) is 23.0 Å². The van der Waals surface area contributed by atoms with Crippen molar-refractivity contribution in [3.63, 3.8) is 0 Å². The first-order valence-corrected chi connectivity index (χ1v) is 24.8. The number of carbonyl (C=O) groups excluding carboxylic acids is 3. The topological polar surface area (TPSA) is 132 Å². The molecule has 0 radical (unpaired) electrons. The average molecular weight is 984 g/mol. The number of ketones is 1. The number of hydrogen-bond donors (Lipinski definition) is 0. The standard InChI is InChI=1S/C57H69N5O10/c1-39(64)13-12-18-61(19-20-69-23-24-70-22-21-66-5)45-26-40(37-71-55-32-51(44(36-63)30-53(55)67-6)58(2)34-46-28-42-14-8-10-16-49(42)60(46)4)25-41(27-45)38-72-56-33-52-48(31-54(56)68-7)57(65)62-47(35-59(52)3)29-43-15-9-11-17-50(43)62/h8-11,14-17,25-27,30-33,36,46-47H,12-13,18-24,28-29,34-35,37-38H2,1-7H3/t46?,47-/m0/s1. The van der Waals surface area contributed by atoms with Crippen molar-refractivity contribution in [1.29, 1.82) is 0 Å². The predicted octanol–water partition coefficient (Wildman–Crippen LogP) is 8.05. The summed E-state index contributed by atoms with van der Waals surface area (Å²) in [6, 6.07) is 30.3. The summed E-state index contributed by atoms with van der Waals surface area (Å²) in [5, 5.41) is 0. The summed E-state index contributed by atoms with van der Waals surface area (Å²) in [6.45, 7) is 6.77. The van der Waals surface area contributed by atoms with Crippen molar-refractivity contribution in [2.75, 3.05) is 126 Å². The summed E-state index contributed by atoms with van der Waals surface area (Å²) in [7, 11) is 10.9. The van der Waals surface area contributed by atoms with E-state index in [9.17, 15) is 14.4 Å². The van der Waals surface area contributed by atoms with Gasteiger partial charge in [-0.25, -0.2) is 0 Å². The fourth-order valence-corrected chi connectivity index (χ4v) is 10.2. The van der Waals surface area contributed by atoms with E-state index >= 15 is 0 Å². The Morgan fingerprint density at radius 2 is 1.36 bits per heavy atom. The molecule has 382 valence electrons. The molecule has 15 heteroatoms. The van der Waals surface area contributed by atoms with Gasteiger partial charge in [-0.1, -0.05) is 36.4 Å². The normalized spacial score (nSPS) is 15.6. The second-order valence-electron chi connectivity index (χ2n) is 18.8. The molecule has 72 heavy (non-hydrogen) atoms. The Balaban J connectivity index is 1.07. The van der Waals surface area contributed by atoms with Crippen LogP contribution < -0.4 is 43.4 Å². The van der Waals surface area contributed by atoms with E-state index in [1.165, 1.54) is 16.8 Å². The largest absolute Gasteiger partial charge is 0.493 e. The van der Waals surface area contributed by atoms with Gasteiger partial charge in [0.05, 0.1) is 76.3 Å². The number of aldehydes is 1. The van der Waals surface area contributed by atoms with Gasteiger partial charge in [-0.3, -0.25) is 9.59 Å². The molecule has 0 N–H and O–H groups in total. The van der Waals surface area contributed by atoms with E-state index in [1.54, 1.807) is 40.4 Å². The number of anilines is 5. The summed E-state index contributed by atoms with van der Waals surface area (Å²) in [5.41, 5.74) is 9.83. The van der Waals surface area contributed by atoms with Crippen molar-refractivity contribution >= 4 is 46.4 Å². The molecule has 3 heterocycles. The van der Waals surface area contributed by atoms with Gasteiger partial charge in [-0.2, -0.15) is 0 Å². The molecule has 0 saturated carbocycles. The van der Waals surface area contributed by atoms with Gasteiger partial charge < -0.3 is 62.5 Å². The van der Waals surface area contributed by atoms with Crippen molar-refractivity contribution in [1.82, 2.24) is 0 Å². The number of fused-ring (bicyclic) bond motifs is 5. The summed E-state index contributed by atoms with van der Waals surface area (Å²) in [6.07, 6.45) is 3.65. The highest BCUT2D eigenvalue weighted by atomic mass is 16.5. The number of Topliss-reactive ketones (excluding diaryl/α,β-unsaturated/α-hetero) is 1. The number of hydrogen-bond acceptors (Lipinski definition) is 14. The van der Waals surface area contributed by atoms with Gasteiger partial charge in [0.1, 0.15) is 19.0 Å². The zero-order chi connectivity index (χ0) is 50.7. The molecular formula is C57H69N5O10. The molecule has 15 nitrogen and oxygen atoms in total. The molecule has 3 aliphatic rings. The van der Waals surface area contributed by atoms with Crippen LogP contribution >= 0.6 is 0 Å². The lowest BCUT2D eigenvalue weighted by atomic mass is 10.1. The van der Waals surface area contributed by atoms with Crippen molar-refractivity contribution in [2.24, 2.45) is 0 Å². The van der Waals surface area contributed by atoms with Crippen LogP contribution in [0.4, 0.5) is 28.4 Å². The van der Waals surface area contributed by atoms with E-state index in [0.717, 1.165) is 53.0 Å². The summed E-state index contributed by atoms with van der Waals surface area (Å²) in [4.78, 5) is 49.8. The SMILES string of the molecule is COCCOCCOCCN(CCCC(C)=O)c1cc(COc2cc(N(C)CC3Cc4ccccc4N3C)c(C=O)cc2OC)cc(COc2cc3c(cc2OC)C(=O)N2c4ccccc4C[C@H]2CN3C)c1. The first-order chi connectivity index (χ1) is 35.0. The van der Waals surface area contributed by atoms with Crippen molar-refractivity contribution in [3.8, 4) is 23.0 Å². The molecule has 1 amide bonds. The van der Waals surface area contributed by atoms with Crippen LogP contribution in [0.25, 0.3) is 0 Å². The molecule has 3 aliphatic heterocycles. The third-order valence-corrected chi connectivity index (χ3v) is 13.9. The van der Waals surface area contributed by atoms with Gasteiger partial charge in [0, 0.05) is 95.6 Å². The predicted molar refractivity (Wildman–Crippen MR) is 282 cm³/mol. The molecule has 0 bridgehead atoms. The molecule has 2 atom stereocenters. The molecule has 1 unspecified atom stereocenters. The number of ether oxygens (including phenoxy) is 7. The van der Waals surface area contributed by atoms with Crippen LogP contribution in [0.2, 0.25) is 0 Å². The van der Waals surface area contributed by atoms with E-state index in [4.69, 9.17) is 33.2 Å². The Morgan fingerprint density at radius 1 is 0.722 bits per heavy atom. The number of nitrogens with zero attached hydrogens (tertiary/aromatic N) is 5. The number of methoxy groups -OCH3 is 3. The highest BCUT2D eigenvalue weighted by Gasteiger charge is 2.39. The average Bonchev–Trinajstić information content (AvgIpc) is 3.89. The van der Waals surface area contributed by atoms with Crippen LogP contribution in [0.1, 0.15) is 62.7 Å². The molecule has 0 saturated heterocycles. The minimum Gasteiger partial charge on any atom is -0.493 e. The van der Waals surface area contributed by atoms with Gasteiger partial charge in [-0.05, 0) is 90.9 Å². The van der Waals surface area contributed by atoms with Gasteiger partial charge in [0.15, 0.2) is 29.3 Å². The fraction of sp³-hybridized carbons (Fsp3) is 0.421. The van der Waals surface area contributed by atoms with Crippen molar-refractivity contribution in [3.05, 3.63) is 124 Å². The van der Waals surface area contributed by atoms with E-state index in [0.29, 0.717) is 106 Å². The maximum atomic E-state index is 14.3. The number of benzene rings is 5. The zero-order valence-corrected chi connectivity index (χ0v) is 42.8. The van der Waals surface area contributed by atoms with Gasteiger partial charge in [0.25, 0.3) is 5.91 Å². The van der Waals surface area contributed by atoms with Gasteiger partial charge in [-0.15, -0.1) is 0 Å². The molecule has 8 rings (SSSR count). The summed E-state index contributed by atoms with van der Waals surface area (Å²) < 4.78 is 41.8. The fourth-order valence-electron chi connectivity index (χ4n) is 10.2. The lowest BCUT2D eigenvalue weighted by molar-refractivity contribution is -0.117. The Morgan fingerprint density at radius 3 is 2.03 bits per heavy atom. The molecule has 5 aromatic rings. The number of rotatable bonds is 26. The Labute approximate surface area is 424 Å². The monoisotopic (exact) mass is 984 g/mol. The highest BCUT2D eigenvalue weighted by molar-refractivity contribution is 6.12. The van der Waals surface area contributed by atoms with Gasteiger partial charge in [0.2, 0.25) is 0 Å².